The predicted molar refractivity (Wildman–Crippen MR) is 75.4 cm³/mol. The van der Waals surface area contributed by atoms with E-state index in [9.17, 15) is 13.2 Å². The molecule has 0 radical (unpaired) electrons. The molecule has 0 aliphatic heterocycles. The van der Waals surface area contributed by atoms with Crippen LogP contribution in [0.25, 0.3) is 0 Å². The molecule has 0 heterocycles. The van der Waals surface area contributed by atoms with E-state index in [0.29, 0.717) is 5.75 Å². The molecule has 0 saturated carbocycles. The lowest BCUT2D eigenvalue weighted by Crippen LogP contribution is -2.43. The number of ether oxygens (including phenoxy) is 1. The van der Waals surface area contributed by atoms with Crippen LogP contribution in [0.2, 0.25) is 0 Å². The first kappa shape index (κ1) is 16.3. The summed E-state index contributed by atoms with van der Waals surface area (Å²) in [5, 5.41) is 9.10. The number of rotatable bonds is 5. The van der Waals surface area contributed by atoms with E-state index < -0.39 is 21.7 Å². The van der Waals surface area contributed by atoms with E-state index in [2.05, 4.69) is 9.44 Å². The highest BCUT2D eigenvalue weighted by molar-refractivity contribution is 7.90. The van der Waals surface area contributed by atoms with Crippen molar-refractivity contribution in [3.63, 3.8) is 0 Å². The summed E-state index contributed by atoms with van der Waals surface area (Å²) < 4.78 is 33.3. The molecule has 112 valence electrons. The van der Waals surface area contributed by atoms with Crippen molar-refractivity contribution in [2.45, 2.75) is 26.3 Å². The lowest BCUT2D eigenvalue weighted by atomic mass is 10.1. The van der Waals surface area contributed by atoms with Crippen molar-refractivity contribution in [3.8, 4) is 5.75 Å². The highest BCUT2D eigenvalue weighted by atomic mass is 32.2. The molecule has 0 amide bonds. The van der Waals surface area contributed by atoms with E-state index in [1.807, 2.05) is 0 Å². The second-order valence-corrected chi connectivity index (χ2v) is 6.59. The van der Waals surface area contributed by atoms with Gasteiger partial charge in [0.1, 0.15) is 5.75 Å². The fourth-order valence-electron chi connectivity index (χ4n) is 1.49. The largest absolute Gasteiger partial charge is 0.497 e. The molecule has 1 rings (SSSR count). The molecule has 0 fully saturated rings. The lowest BCUT2D eigenvalue weighted by molar-refractivity contribution is 0.0697. The van der Waals surface area contributed by atoms with Crippen LogP contribution in [-0.4, -0.2) is 32.1 Å². The summed E-state index contributed by atoms with van der Waals surface area (Å²) in [5.74, 6) is -0.925. The second-order valence-electron chi connectivity index (χ2n) is 5.17. The van der Waals surface area contributed by atoms with Gasteiger partial charge in [-0.15, -0.1) is 0 Å². The number of carboxylic acid groups (broad SMARTS) is 1. The average Bonchev–Trinajstić information content (AvgIpc) is 2.25. The summed E-state index contributed by atoms with van der Waals surface area (Å²) >= 11 is 0. The van der Waals surface area contributed by atoms with Crippen LogP contribution in [0.5, 0.6) is 5.75 Å². The van der Waals surface area contributed by atoms with Crippen LogP contribution in [0, 0.1) is 0 Å². The number of aromatic carboxylic acids is 1. The Hall–Kier alpha value is -1.80. The van der Waals surface area contributed by atoms with Gasteiger partial charge in [-0.05, 0) is 39.0 Å². The number of anilines is 1. The molecule has 0 bridgehead atoms. The van der Waals surface area contributed by atoms with Crippen molar-refractivity contribution in [1.29, 1.82) is 0 Å². The molecule has 0 aromatic heterocycles. The van der Waals surface area contributed by atoms with Crippen molar-refractivity contribution in [1.82, 2.24) is 4.72 Å². The van der Waals surface area contributed by atoms with E-state index >= 15 is 0 Å². The fraction of sp³-hybridized carbons (Fsp3) is 0.417. The molecular weight excluding hydrogens is 284 g/mol. The normalized spacial score (nSPS) is 12.0. The van der Waals surface area contributed by atoms with Crippen molar-refractivity contribution < 1.29 is 23.1 Å². The van der Waals surface area contributed by atoms with Crippen LogP contribution in [0.15, 0.2) is 18.2 Å². The Morgan fingerprint density at radius 2 is 1.90 bits per heavy atom. The monoisotopic (exact) mass is 302 g/mol. The van der Waals surface area contributed by atoms with Crippen LogP contribution >= 0.6 is 0 Å². The van der Waals surface area contributed by atoms with Gasteiger partial charge in [0.25, 0.3) is 10.2 Å². The first-order valence-electron chi connectivity index (χ1n) is 5.77. The number of carbonyl (C=O) groups is 1. The minimum atomic E-state index is -3.87. The van der Waals surface area contributed by atoms with Crippen molar-refractivity contribution >= 4 is 21.9 Å². The Morgan fingerprint density at radius 1 is 1.30 bits per heavy atom. The molecule has 0 unspecified atom stereocenters. The number of nitrogens with one attached hydrogen (secondary N) is 2. The summed E-state index contributed by atoms with van der Waals surface area (Å²) in [5.41, 5.74) is -0.902. The van der Waals surface area contributed by atoms with Gasteiger partial charge >= 0.3 is 5.97 Å². The maximum atomic E-state index is 11.9. The van der Waals surface area contributed by atoms with Gasteiger partial charge in [0, 0.05) is 5.54 Å². The van der Waals surface area contributed by atoms with Gasteiger partial charge in [-0.2, -0.15) is 13.1 Å². The van der Waals surface area contributed by atoms with Gasteiger partial charge in [-0.1, -0.05) is 0 Å². The van der Waals surface area contributed by atoms with Crippen molar-refractivity contribution in [2.24, 2.45) is 0 Å². The topological polar surface area (TPSA) is 105 Å². The van der Waals surface area contributed by atoms with Crippen LogP contribution in [0.3, 0.4) is 0 Å². The van der Waals surface area contributed by atoms with Gasteiger partial charge in [-0.3, -0.25) is 4.72 Å². The standard InChI is InChI=1S/C12H18N2O5S/c1-12(2,3)14-20(17,18)13-10-6-5-8(19-4)7-9(10)11(15)16/h5-7,13-14H,1-4H3,(H,15,16). The molecule has 20 heavy (non-hydrogen) atoms. The Balaban J connectivity index is 3.12. The Morgan fingerprint density at radius 3 is 2.35 bits per heavy atom. The second kappa shape index (κ2) is 5.68. The molecule has 3 N–H and O–H groups in total. The van der Waals surface area contributed by atoms with E-state index in [1.165, 1.54) is 25.3 Å². The zero-order valence-electron chi connectivity index (χ0n) is 11.7. The highest BCUT2D eigenvalue weighted by Crippen LogP contribution is 2.23. The first-order valence-corrected chi connectivity index (χ1v) is 7.25. The highest BCUT2D eigenvalue weighted by Gasteiger charge is 2.22. The number of hydrogen-bond donors (Lipinski definition) is 3. The number of benzene rings is 1. The van der Waals surface area contributed by atoms with Crippen LogP contribution < -0.4 is 14.2 Å². The maximum Gasteiger partial charge on any atom is 0.337 e. The molecule has 0 atom stereocenters. The Kier molecular flexibility index (Phi) is 4.61. The first-order chi connectivity index (χ1) is 9.04. The molecule has 0 aliphatic carbocycles. The number of carboxylic acids is 1. The van der Waals surface area contributed by atoms with Crippen LogP contribution in [-0.2, 0) is 10.2 Å². The van der Waals surface area contributed by atoms with E-state index in [4.69, 9.17) is 9.84 Å². The molecule has 1 aromatic carbocycles. The predicted octanol–water partition coefficient (Wildman–Crippen LogP) is 1.44. The fourth-order valence-corrected chi connectivity index (χ4v) is 2.81. The summed E-state index contributed by atoms with van der Waals surface area (Å²) in [7, 11) is -2.48. The summed E-state index contributed by atoms with van der Waals surface area (Å²) in [6.07, 6.45) is 0. The zero-order chi connectivity index (χ0) is 15.6. The lowest BCUT2D eigenvalue weighted by Gasteiger charge is -2.21. The molecule has 7 nitrogen and oxygen atoms in total. The third-order valence-corrected chi connectivity index (χ3v) is 3.51. The third-order valence-electron chi connectivity index (χ3n) is 2.14. The van der Waals surface area contributed by atoms with Gasteiger partial charge in [-0.25, -0.2) is 4.79 Å². The van der Waals surface area contributed by atoms with Crippen molar-refractivity contribution in [2.75, 3.05) is 11.8 Å². The smallest absolute Gasteiger partial charge is 0.337 e. The van der Waals surface area contributed by atoms with Gasteiger partial charge < -0.3 is 9.84 Å². The van der Waals surface area contributed by atoms with E-state index in [0.717, 1.165) is 0 Å². The molecule has 0 spiro atoms. The zero-order valence-corrected chi connectivity index (χ0v) is 12.5. The van der Waals surface area contributed by atoms with Gasteiger partial charge in [0.05, 0.1) is 18.4 Å². The molecule has 8 heteroatoms. The molecular formula is C12H18N2O5S. The average molecular weight is 302 g/mol. The third kappa shape index (κ3) is 4.71. The van der Waals surface area contributed by atoms with E-state index in [-0.39, 0.29) is 11.3 Å². The Bertz CT molecular complexity index is 605. The SMILES string of the molecule is COc1ccc(NS(=O)(=O)NC(C)(C)C)c(C(=O)O)c1. The number of methoxy groups -OCH3 is 1. The quantitative estimate of drug-likeness (QED) is 0.763. The maximum absolute atomic E-state index is 11.9. The van der Waals surface area contributed by atoms with Crippen LogP contribution in [0.4, 0.5) is 5.69 Å². The van der Waals surface area contributed by atoms with Crippen LogP contribution in [0.1, 0.15) is 31.1 Å². The Labute approximate surface area is 118 Å². The summed E-state index contributed by atoms with van der Waals surface area (Å²) in [6, 6.07) is 4.06. The van der Waals surface area contributed by atoms with Gasteiger partial charge in [0.2, 0.25) is 0 Å². The molecule has 0 aliphatic rings. The summed E-state index contributed by atoms with van der Waals surface area (Å²) in [4.78, 5) is 11.2. The van der Waals surface area contributed by atoms with E-state index in [1.54, 1.807) is 20.8 Å². The van der Waals surface area contributed by atoms with Gasteiger partial charge in [0.15, 0.2) is 0 Å². The molecule has 1 aromatic rings. The molecule has 0 saturated heterocycles. The minimum Gasteiger partial charge on any atom is -0.497 e. The summed E-state index contributed by atoms with van der Waals surface area (Å²) in [6.45, 7) is 5.04. The van der Waals surface area contributed by atoms with Crippen molar-refractivity contribution in [3.05, 3.63) is 23.8 Å². The number of hydrogen-bond acceptors (Lipinski definition) is 4. The minimum absolute atomic E-state index is 0.0324.